The number of nitrogens with zero attached hydrogens (tertiary/aromatic N) is 1. The third-order valence-corrected chi connectivity index (χ3v) is 6.37. The zero-order valence-corrected chi connectivity index (χ0v) is 12.8. The van der Waals surface area contributed by atoms with E-state index < -0.39 is 0 Å². The van der Waals surface area contributed by atoms with Crippen molar-refractivity contribution in [3.05, 3.63) is 52.7 Å². The van der Waals surface area contributed by atoms with Gasteiger partial charge in [0.05, 0.1) is 5.41 Å². The molecule has 22 heavy (non-hydrogen) atoms. The van der Waals surface area contributed by atoms with Crippen molar-refractivity contribution in [1.29, 1.82) is 0 Å². The number of benzene rings is 1. The molecule has 0 aromatic heterocycles. The van der Waals surface area contributed by atoms with E-state index in [4.69, 9.17) is 0 Å². The van der Waals surface area contributed by atoms with Crippen molar-refractivity contribution in [2.45, 2.75) is 31.2 Å². The summed E-state index contributed by atoms with van der Waals surface area (Å²) in [6.07, 6.45) is 5.55. The number of rotatable bonds is 1. The van der Waals surface area contributed by atoms with Crippen LogP contribution in [0.1, 0.15) is 25.3 Å². The highest BCUT2D eigenvalue weighted by Crippen LogP contribution is 2.60. The molecule has 1 aromatic carbocycles. The molecule has 0 saturated carbocycles. The zero-order chi connectivity index (χ0) is 14.9. The Morgan fingerprint density at radius 1 is 1.36 bits per heavy atom. The van der Waals surface area contributed by atoms with Crippen LogP contribution in [0, 0.1) is 5.92 Å². The molecule has 2 fully saturated rings. The lowest BCUT2D eigenvalue weighted by molar-refractivity contribution is -0.105. The number of piperidine rings is 1. The van der Waals surface area contributed by atoms with Gasteiger partial charge in [0, 0.05) is 42.0 Å². The Hall–Kier alpha value is -1.87. The molecule has 5 rings (SSSR count). The quantitative estimate of drug-likeness (QED) is 0.638. The van der Waals surface area contributed by atoms with Crippen LogP contribution in [0.2, 0.25) is 0 Å². The zero-order valence-electron chi connectivity index (χ0n) is 12.8. The summed E-state index contributed by atoms with van der Waals surface area (Å²) < 4.78 is 0. The largest absolute Gasteiger partial charge is 0.358 e. The maximum atomic E-state index is 11.9. The first-order chi connectivity index (χ1) is 10.8. The lowest BCUT2D eigenvalue weighted by Crippen LogP contribution is -2.52. The normalized spacial score (nSPS) is 37.0. The summed E-state index contributed by atoms with van der Waals surface area (Å²) in [5.41, 5.74) is 6.25. The fraction of sp³-hybridized carbons (Fsp3) is 0.421. The van der Waals surface area contributed by atoms with Crippen molar-refractivity contribution >= 4 is 12.0 Å². The number of carbonyl (C=O) groups excluding carboxylic acids is 1. The fourth-order valence-corrected chi connectivity index (χ4v) is 5.44. The van der Waals surface area contributed by atoms with Crippen molar-refractivity contribution < 1.29 is 4.79 Å². The minimum absolute atomic E-state index is 0.0304. The van der Waals surface area contributed by atoms with Gasteiger partial charge in [-0.25, -0.2) is 0 Å². The lowest BCUT2D eigenvalue weighted by Gasteiger charge is -2.48. The number of anilines is 1. The van der Waals surface area contributed by atoms with Crippen LogP contribution < -0.4 is 5.32 Å². The number of fused-ring (bicyclic) bond motifs is 2. The average Bonchev–Trinajstić information content (AvgIpc) is 3.11. The Morgan fingerprint density at radius 2 is 2.23 bits per heavy atom. The first kappa shape index (κ1) is 12.7. The number of aldehydes is 1. The van der Waals surface area contributed by atoms with Gasteiger partial charge in [-0.1, -0.05) is 29.8 Å². The molecule has 3 aliphatic heterocycles. The van der Waals surface area contributed by atoms with Crippen LogP contribution in [0.25, 0.3) is 0 Å². The number of hydrogen-bond donors (Lipinski definition) is 1. The van der Waals surface area contributed by atoms with E-state index in [9.17, 15) is 4.79 Å². The van der Waals surface area contributed by atoms with Crippen molar-refractivity contribution in [2.24, 2.45) is 5.92 Å². The Kier molecular flexibility index (Phi) is 2.36. The van der Waals surface area contributed by atoms with E-state index in [1.165, 1.54) is 22.5 Å². The van der Waals surface area contributed by atoms with E-state index in [0.717, 1.165) is 37.8 Å². The summed E-state index contributed by atoms with van der Waals surface area (Å²) in [6.45, 7) is 4.26. The molecule has 1 spiro atoms. The summed E-state index contributed by atoms with van der Waals surface area (Å²) >= 11 is 0. The molecule has 1 aromatic rings. The molecule has 3 atom stereocenters. The number of nitrogens with one attached hydrogen (secondary N) is 1. The molecule has 0 amide bonds. The fourth-order valence-electron chi connectivity index (χ4n) is 5.44. The highest BCUT2D eigenvalue weighted by atomic mass is 16.1. The summed E-state index contributed by atoms with van der Waals surface area (Å²) in [5.74, 6) is 0.312. The first-order valence-corrected chi connectivity index (χ1v) is 8.25. The van der Waals surface area contributed by atoms with Crippen molar-refractivity contribution in [3.8, 4) is 0 Å². The summed E-state index contributed by atoms with van der Waals surface area (Å²) in [7, 11) is 0. The maximum absolute atomic E-state index is 11.9. The van der Waals surface area contributed by atoms with Gasteiger partial charge in [-0.2, -0.15) is 0 Å². The van der Waals surface area contributed by atoms with E-state index in [1.807, 2.05) is 0 Å². The predicted molar refractivity (Wildman–Crippen MR) is 86.7 cm³/mol. The SMILES string of the molecule is C/C=C1\CN2CCC34C(=C(C=O)C1C[C@@H]23)Nc1ccccc14. The van der Waals surface area contributed by atoms with E-state index in [-0.39, 0.29) is 5.41 Å². The molecule has 3 nitrogen and oxygen atoms in total. The Labute approximate surface area is 130 Å². The Bertz CT molecular complexity index is 748. The molecule has 0 radical (unpaired) electrons. The standard InChI is InChI=1S/C19H20N2O/c1-2-12-10-21-8-7-19-15-5-3-4-6-16(15)20-18(19)14(11-22)13(12)9-17(19)21/h2-6,11,13,17,20H,7-10H2,1H3/b12-2+/t13?,17-,19?/m1/s1. The predicted octanol–water partition coefficient (Wildman–Crippen LogP) is 2.86. The summed E-state index contributed by atoms with van der Waals surface area (Å²) in [6, 6.07) is 9.16. The minimum atomic E-state index is 0.0304. The van der Waals surface area contributed by atoms with Crippen molar-refractivity contribution in [3.63, 3.8) is 0 Å². The molecule has 2 bridgehead atoms. The van der Waals surface area contributed by atoms with E-state index in [0.29, 0.717) is 12.0 Å². The van der Waals surface area contributed by atoms with Crippen LogP contribution in [-0.4, -0.2) is 30.3 Å². The van der Waals surface area contributed by atoms with Crippen LogP contribution in [-0.2, 0) is 10.2 Å². The van der Waals surface area contributed by atoms with Gasteiger partial charge in [0.1, 0.15) is 6.29 Å². The molecule has 1 N–H and O–H groups in total. The Balaban J connectivity index is 1.83. The molecule has 4 aliphatic rings. The van der Waals surface area contributed by atoms with Crippen LogP contribution >= 0.6 is 0 Å². The van der Waals surface area contributed by atoms with Gasteiger partial charge in [-0.05, 0) is 31.4 Å². The summed E-state index contributed by atoms with van der Waals surface area (Å²) in [5, 5.41) is 3.62. The Morgan fingerprint density at radius 3 is 3.05 bits per heavy atom. The van der Waals surface area contributed by atoms with Crippen LogP contribution in [0.5, 0.6) is 0 Å². The van der Waals surface area contributed by atoms with Gasteiger partial charge in [-0.3, -0.25) is 9.69 Å². The van der Waals surface area contributed by atoms with Gasteiger partial charge in [0.2, 0.25) is 0 Å². The molecule has 3 heterocycles. The molecule has 3 heteroatoms. The number of para-hydroxylation sites is 1. The van der Waals surface area contributed by atoms with Gasteiger partial charge in [0.25, 0.3) is 0 Å². The second kappa shape index (κ2) is 4.11. The molecule has 2 saturated heterocycles. The van der Waals surface area contributed by atoms with Crippen molar-refractivity contribution in [2.75, 3.05) is 18.4 Å². The van der Waals surface area contributed by atoms with E-state index in [2.05, 4.69) is 47.5 Å². The minimum Gasteiger partial charge on any atom is -0.358 e. The topological polar surface area (TPSA) is 32.3 Å². The molecule has 1 aliphatic carbocycles. The van der Waals surface area contributed by atoms with Gasteiger partial charge in [0.15, 0.2) is 0 Å². The number of allylic oxidation sites excluding steroid dienone is 2. The van der Waals surface area contributed by atoms with Gasteiger partial charge < -0.3 is 5.32 Å². The molecular formula is C19H20N2O. The highest BCUT2D eigenvalue weighted by Gasteiger charge is 2.60. The highest BCUT2D eigenvalue weighted by molar-refractivity contribution is 5.84. The third-order valence-electron chi connectivity index (χ3n) is 6.37. The van der Waals surface area contributed by atoms with Crippen LogP contribution in [0.15, 0.2) is 47.2 Å². The number of hydrogen-bond acceptors (Lipinski definition) is 3. The van der Waals surface area contributed by atoms with Gasteiger partial charge >= 0.3 is 0 Å². The average molecular weight is 292 g/mol. The molecular weight excluding hydrogens is 272 g/mol. The van der Waals surface area contributed by atoms with Crippen molar-refractivity contribution in [1.82, 2.24) is 4.90 Å². The first-order valence-electron chi connectivity index (χ1n) is 8.25. The smallest absolute Gasteiger partial charge is 0.148 e. The third kappa shape index (κ3) is 1.25. The van der Waals surface area contributed by atoms with E-state index in [1.54, 1.807) is 0 Å². The number of carbonyl (C=O) groups is 1. The van der Waals surface area contributed by atoms with E-state index >= 15 is 0 Å². The second-order valence-corrected chi connectivity index (χ2v) is 6.98. The van der Waals surface area contributed by atoms with Crippen LogP contribution in [0.4, 0.5) is 5.69 Å². The van der Waals surface area contributed by atoms with Crippen LogP contribution in [0.3, 0.4) is 0 Å². The second-order valence-electron chi connectivity index (χ2n) is 6.98. The lowest BCUT2D eigenvalue weighted by atomic mass is 9.62. The maximum Gasteiger partial charge on any atom is 0.148 e. The van der Waals surface area contributed by atoms with Gasteiger partial charge in [-0.15, -0.1) is 0 Å². The molecule has 2 unspecified atom stereocenters. The molecule has 112 valence electrons. The monoisotopic (exact) mass is 292 g/mol. The summed E-state index contributed by atoms with van der Waals surface area (Å²) in [4.78, 5) is 14.6.